The number of Topliss-reactive ketones (excluding diaryl/α,β-unsaturated/α-hetero) is 1. The van der Waals surface area contributed by atoms with Gasteiger partial charge in [-0.1, -0.05) is 13.8 Å². The topological polar surface area (TPSA) is 36.1 Å². The van der Waals surface area contributed by atoms with E-state index in [9.17, 15) is 9.18 Å². The zero-order valence-electron chi connectivity index (χ0n) is 13.5. The molecule has 0 aliphatic carbocycles. The zero-order chi connectivity index (χ0) is 15.9. The number of hydrogen-bond acceptors (Lipinski definition) is 2. The first-order valence-electron chi connectivity index (χ1n) is 8.13. The lowest BCUT2D eigenvalue weighted by molar-refractivity contribution is -0.120. The van der Waals surface area contributed by atoms with Gasteiger partial charge in [0.25, 0.3) is 0 Å². The first kappa shape index (κ1) is 16.7. The summed E-state index contributed by atoms with van der Waals surface area (Å²) >= 11 is 0. The van der Waals surface area contributed by atoms with Crippen LogP contribution in [0.15, 0.2) is 24.4 Å². The molecule has 0 aliphatic rings. The van der Waals surface area contributed by atoms with E-state index in [1.807, 2.05) is 19.2 Å². The van der Waals surface area contributed by atoms with Crippen molar-refractivity contribution < 1.29 is 9.18 Å². The Hall–Kier alpha value is -1.68. The van der Waals surface area contributed by atoms with Gasteiger partial charge in [0.2, 0.25) is 0 Å². The number of rotatable bonds is 9. The summed E-state index contributed by atoms with van der Waals surface area (Å²) in [4.78, 5) is 17.2. The van der Waals surface area contributed by atoms with Gasteiger partial charge in [0.15, 0.2) is 0 Å². The Labute approximate surface area is 131 Å². The second-order valence-electron chi connectivity index (χ2n) is 5.82. The molecular formula is C18H25FN2O. The molecule has 0 radical (unpaired) electrons. The molecule has 22 heavy (non-hydrogen) atoms. The van der Waals surface area contributed by atoms with Crippen molar-refractivity contribution in [3.63, 3.8) is 0 Å². The van der Waals surface area contributed by atoms with Crippen molar-refractivity contribution in [1.29, 1.82) is 0 Å². The maximum absolute atomic E-state index is 13.2. The van der Waals surface area contributed by atoms with Gasteiger partial charge in [-0.3, -0.25) is 9.69 Å². The Bertz CT molecular complexity index is 621. The van der Waals surface area contributed by atoms with E-state index in [1.54, 1.807) is 0 Å². The second-order valence-corrected chi connectivity index (χ2v) is 5.82. The predicted octanol–water partition coefficient (Wildman–Crippen LogP) is 3.93. The molecule has 0 spiro atoms. The van der Waals surface area contributed by atoms with Crippen LogP contribution in [0.1, 0.15) is 38.7 Å². The number of hydrogen-bond donors (Lipinski definition) is 1. The number of H-pyrrole nitrogens is 1. The molecule has 0 amide bonds. The van der Waals surface area contributed by atoms with Crippen LogP contribution in [0.3, 0.4) is 0 Å². The molecule has 0 unspecified atom stereocenters. The fourth-order valence-electron chi connectivity index (χ4n) is 2.84. The number of fused-ring (bicyclic) bond motifs is 1. The van der Waals surface area contributed by atoms with E-state index < -0.39 is 0 Å². The smallest absolute Gasteiger partial charge is 0.146 e. The average Bonchev–Trinajstić information content (AvgIpc) is 2.87. The molecule has 1 heterocycles. The summed E-state index contributed by atoms with van der Waals surface area (Å²) < 4.78 is 13.2. The van der Waals surface area contributed by atoms with E-state index in [4.69, 9.17) is 0 Å². The minimum atomic E-state index is -0.223. The first-order valence-corrected chi connectivity index (χ1v) is 8.13. The summed E-state index contributed by atoms with van der Waals surface area (Å²) in [6, 6.07) is 4.84. The van der Waals surface area contributed by atoms with E-state index >= 15 is 0 Å². The van der Waals surface area contributed by atoms with Crippen molar-refractivity contribution in [2.45, 2.75) is 39.5 Å². The first-order chi connectivity index (χ1) is 10.6. The number of benzene rings is 1. The van der Waals surface area contributed by atoms with Crippen LogP contribution in [0.4, 0.5) is 4.39 Å². The summed E-state index contributed by atoms with van der Waals surface area (Å²) in [5.74, 6) is 0.0932. The van der Waals surface area contributed by atoms with Gasteiger partial charge in [0, 0.05) is 30.1 Å². The van der Waals surface area contributed by atoms with Gasteiger partial charge in [-0.25, -0.2) is 4.39 Å². The van der Waals surface area contributed by atoms with Crippen molar-refractivity contribution in [2.24, 2.45) is 0 Å². The van der Waals surface area contributed by atoms with Crippen molar-refractivity contribution in [2.75, 3.05) is 19.6 Å². The van der Waals surface area contributed by atoms with Gasteiger partial charge in [0.1, 0.15) is 11.6 Å². The summed E-state index contributed by atoms with van der Waals surface area (Å²) in [6.07, 6.45) is 5.42. The van der Waals surface area contributed by atoms with Crippen LogP contribution in [0.5, 0.6) is 0 Å². The van der Waals surface area contributed by atoms with Gasteiger partial charge in [-0.15, -0.1) is 0 Å². The Balaban J connectivity index is 1.99. The van der Waals surface area contributed by atoms with Gasteiger partial charge in [-0.2, -0.15) is 0 Å². The van der Waals surface area contributed by atoms with Gasteiger partial charge < -0.3 is 4.98 Å². The molecule has 4 heteroatoms. The largest absolute Gasteiger partial charge is 0.361 e. The van der Waals surface area contributed by atoms with Crippen molar-refractivity contribution in [3.8, 4) is 0 Å². The third kappa shape index (κ3) is 4.41. The monoisotopic (exact) mass is 304 g/mol. The highest BCUT2D eigenvalue weighted by atomic mass is 19.1. The molecule has 0 saturated carbocycles. The van der Waals surface area contributed by atoms with Crippen LogP contribution in [-0.4, -0.2) is 35.3 Å². The van der Waals surface area contributed by atoms with Gasteiger partial charge in [0.05, 0.1) is 6.54 Å². The molecule has 2 rings (SSSR count). The Morgan fingerprint density at radius 3 is 2.77 bits per heavy atom. The zero-order valence-corrected chi connectivity index (χ0v) is 13.5. The lowest BCUT2D eigenvalue weighted by Crippen LogP contribution is -2.32. The number of nitrogens with zero attached hydrogens (tertiary/aromatic N) is 1. The number of halogens is 1. The quantitative estimate of drug-likeness (QED) is 0.762. The highest BCUT2D eigenvalue weighted by Gasteiger charge is 2.11. The highest BCUT2D eigenvalue weighted by Crippen LogP contribution is 2.20. The van der Waals surface area contributed by atoms with Crippen LogP contribution >= 0.6 is 0 Å². The molecule has 0 aliphatic heterocycles. The number of carbonyl (C=O) groups is 1. The lowest BCUT2D eigenvalue weighted by atomic mass is 10.1. The molecule has 1 N–H and O–H groups in total. The van der Waals surface area contributed by atoms with Crippen LogP contribution in [0.25, 0.3) is 10.9 Å². The summed E-state index contributed by atoms with van der Waals surface area (Å²) in [5.41, 5.74) is 2.01. The van der Waals surface area contributed by atoms with Gasteiger partial charge in [-0.05, 0) is 49.6 Å². The molecule has 0 bridgehead atoms. The van der Waals surface area contributed by atoms with E-state index in [1.165, 1.54) is 17.7 Å². The molecular weight excluding hydrogens is 279 g/mol. The van der Waals surface area contributed by atoms with Crippen LogP contribution in [0, 0.1) is 5.82 Å². The summed E-state index contributed by atoms with van der Waals surface area (Å²) in [6.45, 7) is 6.50. The Kier molecular flexibility index (Phi) is 6.13. The molecule has 3 nitrogen and oxygen atoms in total. The van der Waals surface area contributed by atoms with Crippen LogP contribution in [0.2, 0.25) is 0 Å². The second kappa shape index (κ2) is 8.08. The van der Waals surface area contributed by atoms with E-state index in [0.717, 1.165) is 43.3 Å². The fourth-order valence-corrected chi connectivity index (χ4v) is 2.84. The Morgan fingerprint density at radius 2 is 2.05 bits per heavy atom. The van der Waals surface area contributed by atoms with E-state index in [0.29, 0.717) is 18.7 Å². The normalized spacial score (nSPS) is 11.5. The average molecular weight is 304 g/mol. The number of nitrogens with one attached hydrogen (secondary N) is 1. The molecule has 2 aromatic rings. The van der Waals surface area contributed by atoms with Crippen LogP contribution < -0.4 is 0 Å². The third-order valence-electron chi connectivity index (χ3n) is 3.90. The molecule has 0 fully saturated rings. The SMILES string of the molecule is CCCC(=O)CN(CCC)CCc1c[nH]c2cc(F)ccc12. The standard InChI is InChI=1S/C18H25FN2O/c1-3-5-16(22)13-21(9-4-2)10-8-14-12-20-18-11-15(19)6-7-17(14)18/h6-7,11-12,20H,3-5,8-10,13H2,1-2H3. The number of aromatic amines is 1. The van der Waals surface area contributed by atoms with Gasteiger partial charge >= 0.3 is 0 Å². The Morgan fingerprint density at radius 1 is 1.23 bits per heavy atom. The van der Waals surface area contributed by atoms with Crippen molar-refractivity contribution in [3.05, 3.63) is 35.8 Å². The number of aromatic nitrogens is 1. The summed E-state index contributed by atoms with van der Waals surface area (Å²) in [7, 11) is 0. The molecule has 0 saturated heterocycles. The van der Waals surface area contributed by atoms with E-state index in [2.05, 4.69) is 16.8 Å². The molecule has 0 atom stereocenters. The highest BCUT2D eigenvalue weighted by molar-refractivity contribution is 5.83. The third-order valence-corrected chi connectivity index (χ3v) is 3.90. The lowest BCUT2D eigenvalue weighted by Gasteiger charge is -2.20. The van der Waals surface area contributed by atoms with Crippen LogP contribution in [-0.2, 0) is 11.2 Å². The fraction of sp³-hybridized carbons (Fsp3) is 0.500. The minimum Gasteiger partial charge on any atom is -0.361 e. The minimum absolute atomic E-state index is 0.223. The summed E-state index contributed by atoms with van der Waals surface area (Å²) in [5, 5.41) is 1.07. The van der Waals surface area contributed by atoms with Crippen molar-refractivity contribution >= 4 is 16.7 Å². The number of ketones is 1. The maximum atomic E-state index is 13.2. The van der Waals surface area contributed by atoms with E-state index in [-0.39, 0.29) is 5.82 Å². The number of carbonyl (C=O) groups excluding carboxylic acids is 1. The molecule has 120 valence electrons. The predicted molar refractivity (Wildman–Crippen MR) is 88.6 cm³/mol. The van der Waals surface area contributed by atoms with Crippen molar-refractivity contribution in [1.82, 2.24) is 9.88 Å². The molecule has 1 aromatic carbocycles. The molecule has 1 aromatic heterocycles. The maximum Gasteiger partial charge on any atom is 0.146 e.